The normalized spacial score (nSPS) is 19.0. The van der Waals surface area contributed by atoms with Gasteiger partial charge < -0.3 is 15.7 Å². The number of carboxylic acids is 1. The molecule has 1 aliphatic rings. The van der Waals surface area contributed by atoms with Gasteiger partial charge >= 0.3 is 5.97 Å². The molecule has 0 bridgehead atoms. The molecule has 100 valence electrons. The van der Waals surface area contributed by atoms with Crippen molar-refractivity contribution in [3.63, 3.8) is 0 Å². The predicted molar refractivity (Wildman–Crippen MR) is 67.7 cm³/mol. The van der Waals surface area contributed by atoms with E-state index in [9.17, 15) is 14.4 Å². The Bertz CT molecular complexity index is 541. The van der Waals surface area contributed by atoms with Crippen molar-refractivity contribution < 1.29 is 19.5 Å². The molecule has 6 nitrogen and oxygen atoms in total. The van der Waals surface area contributed by atoms with Crippen molar-refractivity contribution in [2.75, 3.05) is 5.32 Å². The Kier molecular flexibility index (Phi) is 3.50. The van der Waals surface area contributed by atoms with E-state index in [-0.39, 0.29) is 12.3 Å². The molecule has 19 heavy (non-hydrogen) atoms. The third-order valence-corrected chi connectivity index (χ3v) is 3.05. The molecule has 0 aromatic heterocycles. The van der Waals surface area contributed by atoms with E-state index in [1.807, 2.05) is 0 Å². The van der Waals surface area contributed by atoms with Gasteiger partial charge in [-0.2, -0.15) is 0 Å². The summed E-state index contributed by atoms with van der Waals surface area (Å²) in [6, 6.07) is 6.03. The second-order valence-electron chi connectivity index (χ2n) is 4.46. The summed E-state index contributed by atoms with van der Waals surface area (Å²) >= 11 is 0. The Morgan fingerprint density at radius 1 is 1.42 bits per heavy atom. The number of carbonyl (C=O) groups excluding carboxylic acids is 2. The standard InChI is InChI=1S/C13H14N2O4/c1-7(13(18)19)14-12(17)9-6-11(16)15-10-5-3-2-4-8(9)10/h2-5,7,9H,6H2,1H3,(H,14,17)(H,15,16)(H,18,19)/t7-,9?/m0/s1. The van der Waals surface area contributed by atoms with Crippen LogP contribution in [0.15, 0.2) is 24.3 Å². The van der Waals surface area contributed by atoms with Gasteiger partial charge in [0.2, 0.25) is 11.8 Å². The summed E-state index contributed by atoms with van der Waals surface area (Å²) in [5, 5.41) is 13.9. The van der Waals surface area contributed by atoms with E-state index in [4.69, 9.17) is 5.11 Å². The molecular weight excluding hydrogens is 248 g/mol. The fraction of sp³-hybridized carbons (Fsp3) is 0.308. The molecule has 0 fully saturated rings. The highest BCUT2D eigenvalue weighted by Gasteiger charge is 2.31. The molecule has 1 aromatic carbocycles. The minimum atomic E-state index is -1.11. The second-order valence-corrected chi connectivity index (χ2v) is 4.46. The van der Waals surface area contributed by atoms with E-state index in [0.717, 1.165) is 0 Å². The van der Waals surface area contributed by atoms with Crippen molar-refractivity contribution in [3.8, 4) is 0 Å². The van der Waals surface area contributed by atoms with E-state index in [0.29, 0.717) is 11.3 Å². The van der Waals surface area contributed by atoms with Crippen LogP contribution in [-0.4, -0.2) is 28.9 Å². The highest BCUT2D eigenvalue weighted by molar-refractivity contribution is 6.01. The van der Waals surface area contributed by atoms with Gasteiger partial charge in [0.25, 0.3) is 0 Å². The average Bonchev–Trinajstić information content (AvgIpc) is 2.37. The lowest BCUT2D eigenvalue weighted by atomic mass is 9.89. The van der Waals surface area contributed by atoms with Crippen molar-refractivity contribution in [1.82, 2.24) is 5.32 Å². The van der Waals surface area contributed by atoms with Crippen LogP contribution in [0, 0.1) is 0 Å². The van der Waals surface area contributed by atoms with E-state index in [1.165, 1.54) is 6.92 Å². The summed E-state index contributed by atoms with van der Waals surface area (Å²) in [4.78, 5) is 34.4. The molecule has 0 spiro atoms. The highest BCUT2D eigenvalue weighted by Crippen LogP contribution is 2.31. The zero-order chi connectivity index (χ0) is 14.0. The Morgan fingerprint density at radius 3 is 2.79 bits per heavy atom. The molecule has 1 unspecified atom stereocenters. The zero-order valence-corrected chi connectivity index (χ0v) is 10.3. The summed E-state index contributed by atoms with van der Waals surface area (Å²) in [7, 11) is 0. The maximum Gasteiger partial charge on any atom is 0.325 e. The minimum absolute atomic E-state index is 0.0230. The van der Waals surface area contributed by atoms with Crippen LogP contribution in [0.3, 0.4) is 0 Å². The Hall–Kier alpha value is -2.37. The molecule has 3 N–H and O–H groups in total. The lowest BCUT2D eigenvalue weighted by Crippen LogP contribution is -2.42. The number of benzene rings is 1. The van der Waals surface area contributed by atoms with Crippen LogP contribution < -0.4 is 10.6 Å². The largest absolute Gasteiger partial charge is 0.480 e. The number of carboxylic acid groups (broad SMARTS) is 1. The van der Waals surface area contributed by atoms with E-state index >= 15 is 0 Å². The van der Waals surface area contributed by atoms with Gasteiger partial charge in [-0.05, 0) is 18.6 Å². The molecule has 2 atom stereocenters. The fourth-order valence-corrected chi connectivity index (χ4v) is 2.02. The lowest BCUT2D eigenvalue weighted by molar-refractivity contribution is -0.141. The van der Waals surface area contributed by atoms with Crippen LogP contribution in [-0.2, 0) is 14.4 Å². The van der Waals surface area contributed by atoms with Gasteiger partial charge in [-0.25, -0.2) is 0 Å². The molecule has 1 aliphatic heterocycles. The number of para-hydroxylation sites is 1. The number of hydrogen-bond acceptors (Lipinski definition) is 3. The monoisotopic (exact) mass is 262 g/mol. The molecule has 6 heteroatoms. The Labute approximate surface area is 109 Å². The minimum Gasteiger partial charge on any atom is -0.480 e. The molecule has 2 amide bonds. The van der Waals surface area contributed by atoms with Gasteiger partial charge in [0.05, 0.1) is 5.92 Å². The second kappa shape index (κ2) is 5.09. The van der Waals surface area contributed by atoms with Crippen molar-refractivity contribution in [3.05, 3.63) is 29.8 Å². The predicted octanol–water partition coefficient (Wildman–Crippen LogP) is 0.702. The van der Waals surface area contributed by atoms with E-state index in [1.54, 1.807) is 24.3 Å². The molecule has 1 aromatic rings. The van der Waals surface area contributed by atoms with Crippen molar-refractivity contribution >= 4 is 23.5 Å². The summed E-state index contributed by atoms with van der Waals surface area (Å²) in [6.07, 6.45) is 0.0230. The molecule has 0 aliphatic carbocycles. The number of fused-ring (bicyclic) bond motifs is 1. The Morgan fingerprint density at radius 2 is 2.11 bits per heavy atom. The summed E-state index contributed by atoms with van der Waals surface area (Å²) < 4.78 is 0. The number of hydrogen-bond donors (Lipinski definition) is 3. The highest BCUT2D eigenvalue weighted by atomic mass is 16.4. The zero-order valence-electron chi connectivity index (χ0n) is 10.3. The first-order chi connectivity index (χ1) is 8.99. The SMILES string of the molecule is C[C@H](NC(=O)C1CC(=O)Nc2ccccc21)C(=O)O. The van der Waals surface area contributed by atoms with Gasteiger partial charge in [-0.15, -0.1) is 0 Å². The van der Waals surface area contributed by atoms with Gasteiger partial charge in [0.1, 0.15) is 6.04 Å². The van der Waals surface area contributed by atoms with Gasteiger partial charge in [0, 0.05) is 12.1 Å². The molecule has 2 rings (SSSR count). The van der Waals surface area contributed by atoms with Crippen LogP contribution in [0.25, 0.3) is 0 Å². The first-order valence-corrected chi connectivity index (χ1v) is 5.91. The number of rotatable bonds is 3. The van der Waals surface area contributed by atoms with Crippen LogP contribution in [0.4, 0.5) is 5.69 Å². The van der Waals surface area contributed by atoms with Gasteiger partial charge in [-0.3, -0.25) is 14.4 Å². The molecular formula is C13H14N2O4. The number of carbonyl (C=O) groups is 3. The molecule has 1 heterocycles. The van der Waals surface area contributed by atoms with Gasteiger partial charge in [0.15, 0.2) is 0 Å². The van der Waals surface area contributed by atoms with Crippen LogP contribution in [0.1, 0.15) is 24.8 Å². The number of aliphatic carboxylic acids is 1. The van der Waals surface area contributed by atoms with Crippen LogP contribution >= 0.6 is 0 Å². The van der Waals surface area contributed by atoms with Crippen molar-refractivity contribution in [2.45, 2.75) is 25.3 Å². The smallest absolute Gasteiger partial charge is 0.325 e. The maximum absolute atomic E-state index is 12.1. The molecule has 0 saturated carbocycles. The third kappa shape index (κ3) is 2.73. The number of amides is 2. The van der Waals surface area contributed by atoms with Crippen molar-refractivity contribution in [1.29, 1.82) is 0 Å². The van der Waals surface area contributed by atoms with Crippen molar-refractivity contribution in [2.24, 2.45) is 0 Å². The number of nitrogens with one attached hydrogen (secondary N) is 2. The maximum atomic E-state index is 12.1. The van der Waals surface area contributed by atoms with Crippen LogP contribution in [0.2, 0.25) is 0 Å². The summed E-state index contributed by atoms with van der Waals surface area (Å²) in [5.41, 5.74) is 1.30. The summed E-state index contributed by atoms with van der Waals surface area (Å²) in [5.74, 6) is -2.45. The average molecular weight is 262 g/mol. The lowest BCUT2D eigenvalue weighted by Gasteiger charge is -2.25. The summed E-state index contributed by atoms with van der Waals surface area (Å²) in [6.45, 7) is 1.38. The first-order valence-electron chi connectivity index (χ1n) is 5.91. The molecule has 0 saturated heterocycles. The fourth-order valence-electron chi connectivity index (χ4n) is 2.02. The first kappa shape index (κ1) is 13.1. The third-order valence-electron chi connectivity index (χ3n) is 3.05. The van der Waals surface area contributed by atoms with E-state index in [2.05, 4.69) is 10.6 Å². The molecule has 0 radical (unpaired) electrons. The topological polar surface area (TPSA) is 95.5 Å². The van der Waals surface area contributed by atoms with E-state index < -0.39 is 23.8 Å². The van der Waals surface area contributed by atoms with Crippen LogP contribution in [0.5, 0.6) is 0 Å². The van der Waals surface area contributed by atoms with Gasteiger partial charge in [-0.1, -0.05) is 18.2 Å². The number of anilines is 1. The Balaban J connectivity index is 2.23. The quantitative estimate of drug-likeness (QED) is 0.747.